The van der Waals surface area contributed by atoms with E-state index in [2.05, 4.69) is 0 Å². The Hall–Kier alpha value is -2.24. The van der Waals surface area contributed by atoms with E-state index in [1.54, 1.807) is 12.1 Å². The standard InChI is InChI=1S/C19H14F6/c1-2-11-6-12-4-3-5-16(17(12)7-11)13-8-14(18(20,21)22)10-15(9-13)19(23,24)25/h3-5,7-10H,2,6H2,1H3. The number of hydrogen-bond donors (Lipinski definition) is 0. The average molecular weight is 356 g/mol. The van der Waals surface area contributed by atoms with Crippen molar-refractivity contribution in [2.24, 2.45) is 0 Å². The average Bonchev–Trinajstić information content (AvgIpc) is 2.96. The molecule has 0 radical (unpaired) electrons. The molecule has 0 fully saturated rings. The van der Waals surface area contributed by atoms with Gasteiger partial charge in [0.25, 0.3) is 0 Å². The van der Waals surface area contributed by atoms with Gasteiger partial charge in [0.2, 0.25) is 0 Å². The van der Waals surface area contributed by atoms with Crippen LogP contribution in [-0.2, 0) is 18.8 Å². The van der Waals surface area contributed by atoms with Crippen LogP contribution in [0.5, 0.6) is 0 Å². The van der Waals surface area contributed by atoms with Crippen molar-refractivity contribution in [2.75, 3.05) is 0 Å². The zero-order valence-corrected chi connectivity index (χ0v) is 13.2. The molecular weight excluding hydrogens is 342 g/mol. The Morgan fingerprint density at radius 2 is 1.48 bits per heavy atom. The highest BCUT2D eigenvalue weighted by Crippen LogP contribution is 2.41. The molecule has 0 nitrogen and oxygen atoms in total. The highest BCUT2D eigenvalue weighted by molar-refractivity contribution is 5.81. The summed E-state index contributed by atoms with van der Waals surface area (Å²) in [7, 11) is 0. The van der Waals surface area contributed by atoms with Crippen LogP contribution in [0.15, 0.2) is 42.0 Å². The fourth-order valence-electron chi connectivity index (χ4n) is 3.03. The van der Waals surface area contributed by atoms with Gasteiger partial charge >= 0.3 is 12.4 Å². The summed E-state index contributed by atoms with van der Waals surface area (Å²) >= 11 is 0. The van der Waals surface area contributed by atoms with Gasteiger partial charge in [0, 0.05) is 0 Å². The molecule has 132 valence electrons. The zero-order valence-electron chi connectivity index (χ0n) is 13.2. The topological polar surface area (TPSA) is 0 Å². The first-order valence-electron chi connectivity index (χ1n) is 7.71. The summed E-state index contributed by atoms with van der Waals surface area (Å²) in [5, 5.41) is 0. The number of fused-ring (bicyclic) bond motifs is 1. The van der Waals surface area contributed by atoms with Crippen LogP contribution in [0.2, 0.25) is 0 Å². The molecule has 0 heterocycles. The van der Waals surface area contributed by atoms with E-state index in [-0.39, 0.29) is 11.6 Å². The Bertz CT molecular complexity index is 808. The smallest absolute Gasteiger partial charge is 0.166 e. The summed E-state index contributed by atoms with van der Waals surface area (Å²) in [5.41, 5.74) is 0.433. The fraction of sp³-hybridized carbons (Fsp3) is 0.263. The highest BCUT2D eigenvalue weighted by Gasteiger charge is 2.37. The maximum Gasteiger partial charge on any atom is 0.416 e. The largest absolute Gasteiger partial charge is 0.416 e. The van der Waals surface area contributed by atoms with Gasteiger partial charge in [0.05, 0.1) is 11.1 Å². The van der Waals surface area contributed by atoms with E-state index in [1.807, 2.05) is 19.1 Å². The lowest BCUT2D eigenvalue weighted by Gasteiger charge is -2.15. The quantitative estimate of drug-likeness (QED) is 0.523. The van der Waals surface area contributed by atoms with Crippen molar-refractivity contribution in [3.8, 4) is 11.1 Å². The lowest BCUT2D eigenvalue weighted by Crippen LogP contribution is -2.11. The molecule has 0 aliphatic heterocycles. The molecular formula is C19H14F6. The second kappa shape index (κ2) is 5.93. The molecule has 0 bridgehead atoms. The van der Waals surface area contributed by atoms with Gasteiger partial charge in [-0.05, 0) is 53.3 Å². The van der Waals surface area contributed by atoms with E-state index in [0.717, 1.165) is 29.7 Å². The van der Waals surface area contributed by atoms with E-state index in [1.165, 1.54) is 0 Å². The molecule has 0 unspecified atom stereocenters. The molecule has 0 spiro atoms. The highest BCUT2D eigenvalue weighted by atomic mass is 19.4. The van der Waals surface area contributed by atoms with Crippen LogP contribution in [0.4, 0.5) is 26.3 Å². The van der Waals surface area contributed by atoms with Crippen molar-refractivity contribution >= 4 is 6.08 Å². The SMILES string of the molecule is CCC1=Cc2c(cccc2-c2cc(C(F)(F)F)cc(C(F)(F)F)c2)C1. The third kappa shape index (κ3) is 3.43. The number of allylic oxidation sites excluding steroid dienone is 1. The van der Waals surface area contributed by atoms with Gasteiger partial charge in [-0.1, -0.05) is 36.8 Å². The minimum atomic E-state index is -4.85. The number of rotatable bonds is 2. The predicted molar refractivity (Wildman–Crippen MR) is 83.9 cm³/mol. The van der Waals surface area contributed by atoms with Crippen LogP contribution in [0.1, 0.15) is 35.6 Å². The van der Waals surface area contributed by atoms with Crippen molar-refractivity contribution in [1.82, 2.24) is 0 Å². The molecule has 6 heteroatoms. The number of hydrogen-bond acceptors (Lipinski definition) is 0. The van der Waals surface area contributed by atoms with E-state index in [9.17, 15) is 26.3 Å². The molecule has 0 atom stereocenters. The number of halogens is 6. The summed E-state index contributed by atoms with van der Waals surface area (Å²) in [6, 6.07) is 6.78. The second-order valence-electron chi connectivity index (χ2n) is 6.01. The Morgan fingerprint density at radius 3 is 2.00 bits per heavy atom. The van der Waals surface area contributed by atoms with Crippen LogP contribution in [0.25, 0.3) is 17.2 Å². The maximum atomic E-state index is 13.1. The summed E-state index contributed by atoms with van der Waals surface area (Å²) in [6.07, 6.45) is -6.38. The Kier molecular flexibility index (Phi) is 4.17. The number of alkyl halides is 6. The van der Waals surface area contributed by atoms with Crippen LogP contribution >= 0.6 is 0 Å². The third-order valence-corrected chi connectivity index (χ3v) is 4.32. The van der Waals surface area contributed by atoms with Crippen molar-refractivity contribution in [3.63, 3.8) is 0 Å². The molecule has 0 saturated carbocycles. The first-order valence-corrected chi connectivity index (χ1v) is 7.71. The summed E-state index contributed by atoms with van der Waals surface area (Å²) in [4.78, 5) is 0. The summed E-state index contributed by atoms with van der Waals surface area (Å²) in [6.45, 7) is 1.96. The molecule has 0 saturated heterocycles. The fourth-order valence-corrected chi connectivity index (χ4v) is 3.03. The summed E-state index contributed by atoms with van der Waals surface area (Å²) in [5.74, 6) is 0. The molecule has 3 rings (SSSR count). The third-order valence-electron chi connectivity index (χ3n) is 4.32. The normalized spacial score (nSPS) is 14.4. The molecule has 1 aliphatic carbocycles. The van der Waals surface area contributed by atoms with Gasteiger partial charge in [-0.15, -0.1) is 0 Å². The van der Waals surface area contributed by atoms with E-state index in [4.69, 9.17) is 0 Å². The minimum Gasteiger partial charge on any atom is -0.166 e. The second-order valence-corrected chi connectivity index (χ2v) is 6.01. The van der Waals surface area contributed by atoms with Crippen LogP contribution in [0, 0.1) is 0 Å². The van der Waals surface area contributed by atoms with E-state index >= 15 is 0 Å². The van der Waals surface area contributed by atoms with Gasteiger partial charge in [-0.3, -0.25) is 0 Å². The Labute approximate surface area is 140 Å². The Morgan fingerprint density at radius 1 is 0.880 bits per heavy atom. The van der Waals surface area contributed by atoms with Gasteiger partial charge in [0.15, 0.2) is 0 Å². The molecule has 0 amide bonds. The van der Waals surface area contributed by atoms with Crippen molar-refractivity contribution < 1.29 is 26.3 Å². The zero-order chi connectivity index (χ0) is 18.4. The van der Waals surface area contributed by atoms with Gasteiger partial charge in [0.1, 0.15) is 0 Å². The molecule has 2 aromatic rings. The molecule has 2 aromatic carbocycles. The summed E-state index contributed by atoms with van der Waals surface area (Å²) < 4.78 is 78.4. The van der Waals surface area contributed by atoms with Crippen LogP contribution < -0.4 is 0 Å². The predicted octanol–water partition coefficient (Wildman–Crippen LogP) is 6.74. The molecule has 0 aromatic heterocycles. The maximum absolute atomic E-state index is 13.1. The minimum absolute atomic E-state index is 0.0763. The van der Waals surface area contributed by atoms with Crippen molar-refractivity contribution in [3.05, 3.63) is 64.2 Å². The molecule has 0 N–H and O–H groups in total. The monoisotopic (exact) mass is 356 g/mol. The van der Waals surface area contributed by atoms with E-state index in [0.29, 0.717) is 17.5 Å². The molecule has 25 heavy (non-hydrogen) atoms. The first kappa shape index (κ1) is 17.6. The Balaban J connectivity index is 2.22. The van der Waals surface area contributed by atoms with E-state index < -0.39 is 23.5 Å². The molecule has 1 aliphatic rings. The van der Waals surface area contributed by atoms with Crippen molar-refractivity contribution in [2.45, 2.75) is 32.1 Å². The first-order chi connectivity index (χ1) is 11.6. The van der Waals surface area contributed by atoms with Crippen LogP contribution in [-0.4, -0.2) is 0 Å². The lowest BCUT2D eigenvalue weighted by atomic mass is 9.94. The van der Waals surface area contributed by atoms with Crippen LogP contribution in [0.3, 0.4) is 0 Å². The van der Waals surface area contributed by atoms with Crippen molar-refractivity contribution in [1.29, 1.82) is 0 Å². The van der Waals surface area contributed by atoms with Gasteiger partial charge < -0.3 is 0 Å². The van der Waals surface area contributed by atoms with Gasteiger partial charge in [-0.25, -0.2) is 0 Å². The lowest BCUT2D eigenvalue weighted by molar-refractivity contribution is -0.143. The number of benzene rings is 2. The van der Waals surface area contributed by atoms with Gasteiger partial charge in [-0.2, -0.15) is 26.3 Å².